The van der Waals surface area contributed by atoms with Crippen LogP contribution < -0.4 is 0 Å². The molecular formula is C19H12Cl4O5S. The second-order valence-electron chi connectivity index (χ2n) is 6.08. The van der Waals surface area contributed by atoms with Crippen molar-refractivity contribution in [1.82, 2.24) is 0 Å². The van der Waals surface area contributed by atoms with Gasteiger partial charge < -0.3 is 10.2 Å². The van der Waals surface area contributed by atoms with E-state index < -0.39 is 31.9 Å². The Morgan fingerprint density at radius 3 is 1.86 bits per heavy atom. The van der Waals surface area contributed by atoms with Crippen molar-refractivity contribution in [2.45, 2.75) is 4.75 Å². The average molecular weight is 494 g/mol. The van der Waals surface area contributed by atoms with Gasteiger partial charge in [0.05, 0.1) is 5.02 Å². The van der Waals surface area contributed by atoms with Crippen LogP contribution in [-0.2, 0) is 14.9 Å². The number of halogens is 4. The fourth-order valence-electron chi connectivity index (χ4n) is 3.21. The highest BCUT2D eigenvalue weighted by molar-refractivity contribution is 7.87. The molecule has 1 atom stereocenters. The van der Waals surface area contributed by atoms with Crippen molar-refractivity contribution in [2.24, 2.45) is 0 Å². The number of phenols is 2. The molecule has 0 amide bonds. The van der Waals surface area contributed by atoms with Crippen LogP contribution in [0.25, 0.3) is 0 Å². The van der Waals surface area contributed by atoms with Crippen molar-refractivity contribution in [3.05, 3.63) is 91.4 Å². The van der Waals surface area contributed by atoms with Crippen LogP contribution in [0, 0.1) is 0 Å². The Balaban J connectivity index is 2.63. The van der Waals surface area contributed by atoms with Gasteiger partial charge in [0, 0.05) is 26.2 Å². The van der Waals surface area contributed by atoms with Crippen LogP contribution in [-0.4, -0.2) is 23.2 Å². The molecule has 0 heterocycles. The Morgan fingerprint density at radius 1 is 0.759 bits per heavy atom. The van der Waals surface area contributed by atoms with Crippen LogP contribution in [0.4, 0.5) is 0 Å². The molecule has 5 nitrogen and oxygen atoms in total. The molecule has 0 radical (unpaired) electrons. The third kappa shape index (κ3) is 3.65. The number of aromatic hydroxyl groups is 2. The first kappa shape index (κ1) is 22.0. The Labute approximate surface area is 186 Å². The first-order valence-corrected chi connectivity index (χ1v) is 10.8. The average Bonchev–Trinajstić information content (AvgIpc) is 2.63. The van der Waals surface area contributed by atoms with Gasteiger partial charge in [0.2, 0.25) is 0 Å². The summed E-state index contributed by atoms with van der Waals surface area (Å²) < 4.78 is 33.8. The zero-order chi connectivity index (χ0) is 21.6. The summed E-state index contributed by atoms with van der Waals surface area (Å²) in [6, 6.07) is 11.6. The molecule has 0 aliphatic carbocycles. The van der Waals surface area contributed by atoms with E-state index in [1.807, 2.05) is 0 Å². The highest BCUT2D eigenvalue weighted by atomic mass is 35.5. The van der Waals surface area contributed by atoms with Gasteiger partial charge in [0.15, 0.2) is 4.75 Å². The maximum absolute atomic E-state index is 13.0. The lowest BCUT2D eigenvalue weighted by Gasteiger charge is -2.34. The van der Waals surface area contributed by atoms with Crippen molar-refractivity contribution in [3.63, 3.8) is 0 Å². The lowest BCUT2D eigenvalue weighted by atomic mass is 9.83. The number of hydrogen-bond acceptors (Lipinski definition) is 4. The van der Waals surface area contributed by atoms with E-state index >= 15 is 0 Å². The summed E-state index contributed by atoms with van der Waals surface area (Å²) in [5.74, 6) is -1.23. The predicted molar refractivity (Wildman–Crippen MR) is 114 cm³/mol. The molecule has 29 heavy (non-hydrogen) atoms. The first-order chi connectivity index (χ1) is 13.5. The minimum atomic E-state index is -5.14. The minimum Gasteiger partial charge on any atom is -0.508 e. The van der Waals surface area contributed by atoms with Gasteiger partial charge in [-0.3, -0.25) is 4.55 Å². The fourth-order valence-corrected chi connectivity index (χ4v) is 5.36. The van der Waals surface area contributed by atoms with E-state index in [1.54, 1.807) is 0 Å². The molecule has 3 aromatic rings. The maximum atomic E-state index is 13.0. The van der Waals surface area contributed by atoms with Crippen LogP contribution in [0.15, 0.2) is 54.6 Å². The second kappa shape index (κ2) is 7.87. The summed E-state index contributed by atoms with van der Waals surface area (Å²) in [4.78, 5) is 0. The van der Waals surface area contributed by atoms with E-state index in [0.29, 0.717) is 5.02 Å². The van der Waals surface area contributed by atoms with Crippen molar-refractivity contribution < 1.29 is 23.2 Å². The van der Waals surface area contributed by atoms with Gasteiger partial charge in [0.1, 0.15) is 11.5 Å². The van der Waals surface area contributed by atoms with Crippen molar-refractivity contribution >= 4 is 56.5 Å². The second-order valence-corrected chi connectivity index (χ2v) is 9.33. The molecule has 0 aliphatic rings. The number of hydrogen-bond donors (Lipinski definition) is 3. The molecular weight excluding hydrogens is 482 g/mol. The van der Waals surface area contributed by atoms with E-state index in [4.69, 9.17) is 46.4 Å². The van der Waals surface area contributed by atoms with Crippen LogP contribution in [0.1, 0.15) is 16.7 Å². The lowest BCUT2D eigenvalue weighted by Crippen LogP contribution is -2.38. The Bertz CT molecular complexity index is 1200. The van der Waals surface area contributed by atoms with Gasteiger partial charge in [0.25, 0.3) is 10.1 Å². The van der Waals surface area contributed by atoms with Crippen LogP contribution >= 0.6 is 46.4 Å². The van der Waals surface area contributed by atoms with Gasteiger partial charge in [-0.2, -0.15) is 8.42 Å². The van der Waals surface area contributed by atoms with Gasteiger partial charge >= 0.3 is 0 Å². The summed E-state index contributed by atoms with van der Waals surface area (Å²) in [7, 11) is -5.14. The van der Waals surface area contributed by atoms with Crippen LogP contribution in [0.5, 0.6) is 11.5 Å². The molecule has 0 aliphatic heterocycles. The summed E-state index contributed by atoms with van der Waals surface area (Å²) in [6.45, 7) is 0. The lowest BCUT2D eigenvalue weighted by molar-refractivity contribution is 0.428. The minimum absolute atomic E-state index is 0.0542. The molecule has 0 aromatic heterocycles. The van der Waals surface area contributed by atoms with E-state index in [-0.39, 0.29) is 26.2 Å². The third-order valence-corrected chi connectivity index (χ3v) is 6.95. The smallest absolute Gasteiger partial charge is 0.283 e. The van der Waals surface area contributed by atoms with Crippen LogP contribution in [0.3, 0.4) is 0 Å². The summed E-state index contributed by atoms with van der Waals surface area (Å²) >= 11 is 24.1. The van der Waals surface area contributed by atoms with Crippen LogP contribution in [0.2, 0.25) is 20.1 Å². The van der Waals surface area contributed by atoms with Crippen molar-refractivity contribution in [2.75, 3.05) is 0 Å². The monoisotopic (exact) mass is 492 g/mol. The zero-order valence-electron chi connectivity index (χ0n) is 14.3. The molecule has 3 aromatic carbocycles. The van der Waals surface area contributed by atoms with Gasteiger partial charge in [-0.05, 0) is 42.0 Å². The molecule has 152 valence electrons. The largest absolute Gasteiger partial charge is 0.508 e. The number of rotatable bonds is 4. The molecule has 10 heteroatoms. The fraction of sp³-hybridized carbons (Fsp3) is 0.0526. The maximum Gasteiger partial charge on any atom is 0.283 e. The SMILES string of the molecule is O=S(=O)(O)C(c1ccc(Cl)cc1)(c1ccc(Cl)cc1O)c1c(Cl)ccc(Cl)c1O. The van der Waals surface area contributed by atoms with E-state index in [0.717, 1.165) is 6.07 Å². The Hall–Kier alpha value is -1.67. The quantitative estimate of drug-likeness (QED) is 0.311. The van der Waals surface area contributed by atoms with Gasteiger partial charge in [-0.25, -0.2) is 0 Å². The Kier molecular flexibility index (Phi) is 5.98. The van der Waals surface area contributed by atoms with Gasteiger partial charge in [-0.1, -0.05) is 64.6 Å². The molecule has 0 saturated heterocycles. The third-order valence-electron chi connectivity index (χ3n) is 4.41. The summed E-state index contributed by atoms with van der Waals surface area (Å²) in [5, 5.41) is 21.2. The Morgan fingerprint density at radius 2 is 1.31 bits per heavy atom. The van der Waals surface area contributed by atoms with Gasteiger partial charge in [-0.15, -0.1) is 0 Å². The molecule has 1 unspecified atom stereocenters. The molecule has 0 saturated carbocycles. The number of benzene rings is 3. The molecule has 3 rings (SSSR count). The van der Waals surface area contributed by atoms with Crippen molar-refractivity contribution in [1.29, 1.82) is 0 Å². The highest BCUT2D eigenvalue weighted by Crippen LogP contribution is 2.53. The van der Waals surface area contributed by atoms with E-state index in [2.05, 4.69) is 0 Å². The van der Waals surface area contributed by atoms with E-state index in [9.17, 15) is 23.2 Å². The predicted octanol–water partition coefficient (Wildman–Crippen LogP) is 5.89. The number of phenolic OH excluding ortho intramolecular Hbond substituents is 2. The summed E-state index contributed by atoms with van der Waals surface area (Å²) in [5.41, 5.74) is -0.790. The highest BCUT2D eigenvalue weighted by Gasteiger charge is 2.53. The molecule has 0 bridgehead atoms. The summed E-state index contributed by atoms with van der Waals surface area (Å²) in [6.07, 6.45) is 0. The molecule has 3 N–H and O–H groups in total. The van der Waals surface area contributed by atoms with E-state index in [1.165, 1.54) is 48.5 Å². The van der Waals surface area contributed by atoms with Crippen molar-refractivity contribution in [3.8, 4) is 11.5 Å². The first-order valence-electron chi connectivity index (χ1n) is 7.89. The molecule has 0 spiro atoms. The zero-order valence-corrected chi connectivity index (χ0v) is 18.1. The molecule has 0 fully saturated rings. The standard InChI is InChI=1S/C19H12Cl4O5S/c20-11-3-1-10(2-4-11)19(29(26,27)28,13-6-5-12(21)9-16(13)24)17-14(22)7-8-15(23)18(17)25/h1-9,24-25H,(H,26,27,28). The normalized spacial score (nSPS) is 13.8. The topological polar surface area (TPSA) is 94.8 Å².